The first-order valence-corrected chi connectivity index (χ1v) is 6.50. The molecule has 1 aromatic carbocycles. The fourth-order valence-electron chi connectivity index (χ4n) is 2.73. The molecule has 104 valence electrons. The predicted octanol–water partition coefficient (Wildman–Crippen LogP) is 2.19. The van der Waals surface area contributed by atoms with Gasteiger partial charge in [-0.05, 0) is 39.8 Å². The van der Waals surface area contributed by atoms with Crippen molar-refractivity contribution >= 4 is 11.6 Å². The first kappa shape index (κ1) is 13.9. The van der Waals surface area contributed by atoms with Gasteiger partial charge < -0.3 is 9.64 Å². The molecule has 0 unspecified atom stereocenters. The van der Waals surface area contributed by atoms with Crippen LogP contribution in [-0.2, 0) is 4.79 Å². The molecular formula is C15H22N2O2. The standard InChI is InChI=1S/C15H22N2O2/c1-14(2)10-17(13(18)15(3,4)16-14)11-7-6-8-12(9-11)19-5/h6-9,16H,10H2,1-5H3. The van der Waals surface area contributed by atoms with Crippen LogP contribution >= 0.6 is 0 Å². The maximum atomic E-state index is 12.6. The zero-order chi connectivity index (χ0) is 14.3. The number of nitrogens with zero attached hydrogens (tertiary/aromatic N) is 1. The van der Waals surface area contributed by atoms with E-state index in [1.807, 2.05) is 43.0 Å². The largest absolute Gasteiger partial charge is 0.497 e. The van der Waals surface area contributed by atoms with Crippen LogP contribution in [0.4, 0.5) is 5.69 Å². The molecule has 19 heavy (non-hydrogen) atoms. The van der Waals surface area contributed by atoms with Crippen molar-refractivity contribution in [3.8, 4) is 5.75 Å². The van der Waals surface area contributed by atoms with Crippen molar-refractivity contribution in [2.45, 2.75) is 38.8 Å². The van der Waals surface area contributed by atoms with Gasteiger partial charge in [-0.25, -0.2) is 0 Å². The quantitative estimate of drug-likeness (QED) is 0.888. The molecule has 2 rings (SSSR count). The second kappa shape index (κ2) is 4.53. The molecule has 4 nitrogen and oxygen atoms in total. The molecule has 1 fully saturated rings. The lowest BCUT2D eigenvalue weighted by molar-refractivity contribution is -0.126. The molecule has 1 saturated heterocycles. The molecule has 0 atom stereocenters. The monoisotopic (exact) mass is 262 g/mol. The molecule has 1 aliphatic rings. The van der Waals surface area contributed by atoms with Crippen molar-refractivity contribution in [1.82, 2.24) is 5.32 Å². The number of nitrogens with one attached hydrogen (secondary N) is 1. The molecule has 0 spiro atoms. The fourth-order valence-corrected chi connectivity index (χ4v) is 2.73. The summed E-state index contributed by atoms with van der Waals surface area (Å²) < 4.78 is 5.23. The number of piperazine rings is 1. The Morgan fingerprint density at radius 2 is 1.95 bits per heavy atom. The summed E-state index contributed by atoms with van der Waals surface area (Å²) in [5, 5.41) is 3.39. The summed E-state index contributed by atoms with van der Waals surface area (Å²) in [6.07, 6.45) is 0. The third-order valence-corrected chi connectivity index (χ3v) is 3.35. The van der Waals surface area contributed by atoms with Crippen molar-refractivity contribution in [3.63, 3.8) is 0 Å². The van der Waals surface area contributed by atoms with Crippen molar-refractivity contribution in [1.29, 1.82) is 0 Å². The van der Waals surface area contributed by atoms with Gasteiger partial charge in [-0.1, -0.05) is 6.07 Å². The van der Waals surface area contributed by atoms with Crippen LogP contribution in [0.2, 0.25) is 0 Å². The van der Waals surface area contributed by atoms with E-state index in [4.69, 9.17) is 4.74 Å². The van der Waals surface area contributed by atoms with Gasteiger partial charge in [0, 0.05) is 23.8 Å². The lowest BCUT2D eigenvalue weighted by Crippen LogP contribution is -2.70. The van der Waals surface area contributed by atoms with Gasteiger partial charge in [0.15, 0.2) is 0 Å². The van der Waals surface area contributed by atoms with Crippen LogP contribution in [0, 0.1) is 0 Å². The van der Waals surface area contributed by atoms with E-state index in [0.29, 0.717) is 6.54 Å². The normalized spacial score (nSPS) is 21.3. The van der Waals surface area contributed by atoms with Crippen molar-refractivity contribution < 1.29 is 9.53 Å². The molecular weight excluding hydrogens is 240 g/mol. The molecule has 0 aromatic heterocycles. The Bertz CT molecular complexity index is 495. The summed E-state index contributed by atoms with van der Waals surface area (Å²) >= 11 is 0. The van der Waals surface area contributed by atoms with Gasteiger partial charge >= 0.3 is 0 Å². The Labute approximate surface area is 114 Å². The summed E-state index contributed by atoms with van der Waals surface area (Å²) in [5.41, 5.74) is 0.192. The number of amides is 1. The zero-order valence-electron chi connectivity index (χ0n) is 12.3. The zero-order valence-corrected chi connectivity index (χ0v) is 12.3. The maximum Gasteiger partial charge on any atom is 0.246 e. The Morgan fingerprint density at radius 3 is 2.58 bits per heavy atom. The summed E-state index contributed by atoms with van der Waals surface area (Å²) in [7, 11) is 1.63. The van der Waals surface area contributed by atoms with Gasteiger partial charge in [0.1, 0.15) is 5.75 Å². The minimum Gasteiger partial charge on any atom is -0.497 e. The maximum absolute atomic E-state index is 12.6. The van der Waals surface area contributed by atoms with Crippen LogP contribution in [0.5, 0.6) is 5.75 Å². The molecule has 4 heteroatoms. The Balaban J connectivity index is 2.39. The van der Waals surface area contributed by atoms with E-state index < -0.39 is 5.54 Å². The number of hydrogen-bond acceptors (Lipinski definition) is 3. The number of ether oxygens (including phenoxy) is 1. The van der Waals surface area contributed by atoms with E-state index in [2.05, 4.69) is 19.2 Å². The molecule has 0 aliphatic carbocycles. The second-order valence-electron chi connectivity index (χ2n) is 6.23. The van der Waals surface area contributed by atoms with Gasteiger partial charge in [-0.15, -0.1) is 0 Å². The average Bonchev–Trinajstić information content (AvgIpc) is 2.32. The van der Waals surface area contributed by atoms with E-state index in [-0.39, 0.29) is 11.4 Å². The van der Waals surface area contributed by atoms with Gasteiger partial charge in [-0.2, -0.15) is 0 Å². The van der Waals surface area contributed by atoms with E-state index in [9.17, 15) is 4.79 Å². The van der Waals surface area contributed by atoms with E-state index >= 15 is 0 Å². The van der Waals surface area contributed by atoms with Crippen molar-refractivity contribution in [2.75, 3.05) is 18.6 Å². The highest BCUT2D eigenvalue weighted by Gasteiger charge is 2.43. The summed E-state index contributed by atoms with van der Waals surface area (Å²) in [5.74, 6) is 0.847. The van der Waals surface area contributed by atoms with Crippen LogP contribution in [0.1, 0.15) is 27.7 Å². The number of benzene rings is 1. The van der Waals surface area contributed by atoms with Gasteiger partial charge in [-0.3, -0.25) is 10.1 Å². The first-order valence-electron chi connectivity index (χ1n) is 6.50. The second-order valence-corrected chi connectivity index (χ2v) is 6.23. The smallest absolute Gasteiger partial charge is 0.246 e. The number of hydrogen-bond donors (Lipinski definition) is 1. The third-order valence-electron chi connectivity index (χ3n) is 3.35. The van der Waals surface area contributed by atoms with E-state index in [1.54, 1.807) is 7.11 Å². The topological polar surface area (TPSA) is 41.6 Å². The Kier molecular flexibility index (Phi) is 3.31. The lowest BCUT2D eigenvalue weighted by atomic mass is 9.90. The molecule has 1 aliphatic heterocycles. The van der Waals surface area contributed by atoms with E-state index in [1.165, 1.54) is 0 Å². The molecule has 0 radical (unpaired) electrons. The third kappa shape index (κ3) is 2.73. The number of rotatable bonds is 2. The highest BCUT2D eigenvalue weighted by Crippen LogP contribution is 2.29. The predicted molar refractivity (Wildman–Crippen MR) is 76.6 cm³/mol. The molecule has 1 N–H and O–H groups in total. The van der Waals surface area contributed by atoms with Crippen LogP contribution in [-0.4, -0.2) is 30.6 Å². The SMILES string of the molecule is COc1cccc(N2CC(C)(C)NC(C)(C)C2=O)c1. The number of carbonyl (C=O) groups excluding carboxylic acids is 1. The highest BCUT2D eigenvalue weighted by atomic mass is 16.5. The Hall–Kier alpha value is -1.55. The summed E-state index contributed by atoms with van der Waals surface area (Å²) in [6, 6.07) is 7.63. The summed E-state index contributed by atoms with van der Waals surface area (Å²) in [4.78, 5) is 14.4. The molecule has 0 saturated carbocycles. The van der Waals surface area contributed by atoms with Gasteiger partial charge in [0.05, 0.1) is 12.6 Å². The van der Waals surface area contributed by atoms with Crippen LogP contribution in [0.25, 0.3) is 0 Å². The minimum absolute atomic E-state index is 0.0834. The molecule has 1 heterocycles. The Morgan fingerprint density at radius 1 is 1.26 bits per heavy atom. The van der Waals surface area contributed by atoms with Crippen LogP contribution < -0.4 is 15.0 Å². The van der Waals surface area contributed by atoms with Crippen LogP contribution in [0.3, 0.4) is 0 Å². The van der Waals surface area contributed by atoms with Gasteiger partial charge in [0.25, 0.3) is 0 Å². The van der Waals surface area contributed by atoms with Crippen molar-refractivity contribution in [3.05, 3.63) is 24.3 Å². The first-order chi connectivity index (χ1) is 8.75. The number of methoxy groups -OCH3 is 1. The van der Waals surface area contributed by atoms with Crippen LogP contribution in [0.15, 0.2) is 24.3 Å². The highest BCUT2D eigenvalue weighted by molar-refractivity contribution is 6.01. The van der Waals surface area contributed by atoms with E-state index in [0.717, 1.165) is 11.4 Å². The minimum atomic E-state index is -0.565. The lowest BCUT2D eigenvalue weighted by Gasteiger charge is -2.47. The molecule has 1 aromatic rings. The summed E-state index contributed by atoms with van der Waals surface area (Å²) in [6.45, 7) is 8.69. The van der Waals surface area contributed by atoms with Gasteiger partial charge in [0.2, 0.25) is 5.91 Å². The number of anilines is 1. The fraction of sp³-hybridized carbons (Fsp3) is 0.533. The molecule has 1 amide bonds. The molecule has 0 bridgehead atoms. The van der Waals surface area contributed by atoms with Crippen molar-refractivity contribution in [2.24, 2.45) is 0 Å². The number of carbonyl (C=O) groups is 1. The average molecular weight is 262 g/mol.